The van der Waals surface area contributed by atoms with Crippen molar-refractivity contribution in [3.63, 3.8) is 0 Å². The molecule has 0 aliphatic rings. The molecule has 0 radical (unpaired) electrons. The van der Waals surface area contributed by atoms with Gasteiger partial charge in [-0.1, -0.05) is 0 Å². The van der Waals surface area contributed by atoms with Crippen LogP contribution in [0.4, 0.5) is 8.78 Å². The summed E-state index contributed by atoms with van der Waals surface area (Å²) >= 11 is 1.70. The highest BCUT2D eigenvalue weighted by Gasteiger charge is 2.26. The van der Waals surface area contributed by atoms with Crippen LogP contribution in [-0.2, 0) is 4.74 Å². The van der Waals surface area contributed by atoms with E-state index in [9.17, 15) is 13.6 Å². The molecule has 90 valence electrons. The first kappa shape index (κ1) is 13.8. The standard InChI is InChI=1S/C10H7F2IN2O2/c1-2-17-10(16)7-5(13)4-15-6(3-14)8(7)9(11)12/h4,9H,2H2,1H3. The van der Waals surface area contributed by atoms with Gasteiger partial charge in [-0.05, 0) is 29.5 Å². The van der Waals surface area contributed by atoms with Crippen molar-refractivity contribution in [2.24, 2.45) is 0 Å². The number of halogens is 3. The predicted octanol–water partition coefficient (Wildman–Crippen LogP) is 2.67. The van der Waals surface area contributed by atoms with Crippen LogP contribution in [0.2, 0.25) is 0 Å². The lowest BCUT2D eigenvalue weighted by atomic mass is 10.1. The van der Waals surface area contributed by atoms with E-state index in [-0.39, 0.29) is 15.7 Å². The Kier molecular flexibility index (Phi) is 4.74. The average Bonchev–Trinajstić information content (AvgIpc) is 2.28. The number of nitriles is 1. The van der Waals surface area contributed by atoms with Crippen molar-refractivity contribution >= 4 is 28.6 Å². The summed E-state index contributed by atoms with van der Waals surface area (Å²) in [5.74, 6) is -0.869. The van der Waals surface area contributed by atoms with E-state index in [1.165, 1.54) is 12.3 Å². The normalized spacial score (nSPS) is 10.1. The minimum Gasteiger partial charge on any atom is -0.462 e. The quantitative estimate of drug-likeness (QED) is 0.620. The van der Waals surface area contributed by atoms with Crippen LogP contribution >= 0.6 is 22.6 Å². The van der Waals surface area contributed by atoms with Crippen LogP contribution in [0.5, 0.6) is 0 Å². The molecule has 4 nitrogen and oxygen atoms in total. The second kappa shape index (κ2) is 5.86. The zero-order valence-corrected chi connectivity index (χ0v) is 10.9. The van der Waals surface area contributed by atoms with Crippen molar-refractivity contribution in [1.29, 1.82) is 5.26 Å². The fourth-order valence-electron chi connectivity index (χ4n) is 1.21. The molecule has 0 aliphatic heterocycles. The van der Waals surface area contributed by atoms with Gasteiger partial charge in [-0.2, -0.15) is 5.26 Å². The van der Waals surface area contributed by atoms with Crippen LogP contribution < -0.4 is 0 Å². The molecule has 0 amide bonds. The minimum absolute atomic E-state index is 0.0712. The van der Waals surface area contributed by atoms with Gasteiger partial charge in [0.1, 0.15) is 11.8 Å². The van der Waals surface area contributed by atoms with Crippen molar-refractivity contribution in [2.45, 2.75) is 13.3 Å². The molecule has 1 rings (SSSR count). The first-order valence-corrected chi connectivity index (χ1v) is 5.64. The Hall–Kier alpha value is -1.30. The van der Waals surface area contributed by atoms with Crippen molar-refractivity contribution in [2.75, 3.05) is 6.61 Å². The van der Waals surface area contributed by atoms with Gasteiger partial charge >= 0.3 is 5.97 Å². The smallest absolute Gasteiger partial charge is 0.339 e. The van der Waals surface area contributed by atoms with Gasteiger partial charge < -0.3 is 4.74 Å². The molecule has 17 heavy (non-hydrogen) atoms. The molecular formula is C10H7F2IN2O2. The Morgan fingerprint density at radius 1 is 1.71 bits per heavy atom. The summed E-state index contributed by atoms with van der Waals surface area (Å²) in [6.07, 6.45) is -1.76. The number of carbonyl (C=O) groups excluding carboxylic acids is 1. The van der Waals surface area contributed by atoms with Crippen molar-refractivity contribution in [1.82, 2.24) is 4.98 Å². The van der Waals surface area contributed by atoms with Crippen molar-refractivity contribution < 1.29 is 18.3 Å². The SMILES string of the molecule is CCOC(=O)c1c(I)cnc(C#N)c1C(F)F. The topological polar surface area (TPSA) is 63.0 Å². The van der Waals surface area contributed by atoms with Crippen molar-refractivity contribution in [3.8, 4) is 6.07 Å². The molecule has 0 fully saturated rings. The summed E-state index contributed by atoms with van der Waals surface area (Å²) < 4.78 is 30.6. The number of aromatic nitrogens is 1. The second-order valence-electron chi connectivity index (χ2n) is 2.88. The number of rotatable bonds is 3. The van der Waals surface area contributed by atoms with Crippen LogP contribution in [0.15, 0.2) is 6.20 Å². The zero-order chi connectivity index (χ0) is 13.0. The molecule has 0 saturated carbocycles. The number of hydrogen-bond acceptors (Lipinski definition) is 4. The number of esters is 1. The highest BCUT2D eigenvalue weighted by atomic mass is 127. The largest absolute Gasteiger partial charge is 0.462 e. The Balaban J connectivity index is 3.45. The molecule has 1 aromatic rings. The molecule has 0 atom stereocenters. The van der Waals surface area contributed by atoms with E-state index in [2.05, 4.69) is 9.72 Å². The highest BCUT2D eigenvalue weighted by Crippen LogP contribution is 2.29. The monoisotopic (exact) mass is 352 g/mol. The molecule has 1 heterocycles. The number of alkyl halides is 2. The number of hydrogen-bond donors (Lipinski definition) is 0. The van der Waals surface area contributed by atoms with Gasteiger partial charge in [0.25, 0.3) is 6.43 Å². The molecule has 7 heteroatoms. The molecule has 0 bridgehead atoms. The van der Waals surface area contributed by atoms with E-state index in [4.69, 9.17) is 5.26 Å². The van der Waals surface area contributed by atoms with Crippen LogP contribution in [-0.4, -0.2) is 17.6 Å². The van der Waals surface area contributed by atoms with Crippen LogP contribution in [0, 0.1) is 14.9 Å². The molecule has 1 aromatic heterocycles. The lowest BCUT2D eigenvalue weighted by Gasteiger charge is -2.10. The molecule has 0 unspecified atom stereocenters. The Morgan fingerprint density at radius 2 is 2.35 bits per heavy atom. The molecule has 0 aliphatic carbocycles. The molecule has 0 N–H and O–H groups in total. The van der Waals surface area contributed by atoms with Gasteiger partial charge in [-0.25, -0.2) is 18.6 Å². The fraction of sp³-hybridized carbons (Fsp3) is 0.300. The summed E-state index contributed by atoms with van der Waals surface area (Å²) in [5, 5.41) is 8.69. The third kappa shape index (κ3) is 2.88. The van der Waals surface area contributed by atoms with Crippen LogP contribution in [0.1, 0.15) is 35.0 Å². The third-order valence-electron chi connectivity index (χ3n) is 1.87. The number of ether oxygens (including phenoxy) is 1. The van der Waals surface area contributed by atoms with Gasteiger partial charge in [0.2, 0.25) is 0 Å². The van der Waals surface area contributed by atoms with E-state index in [0.29, 0.717) is 0 Å². The van der Waals surface area contributed by atoms with Gasteiger partial charge in [-0.15, -0.1) is 0 Å². The minimum atomic E-state index is -2.95. The summed E-state index contributed by atoms with van der Waals surface area (Å²) in [5.41, 5.74) is -1.41. The molecular weight excluding hydrogens is 345 g/mol. The maximum absolute atomic E-state index is 12.9. The summed E-state index contributed by atoms with van der Waals surface area (Å²) in [4.78, 5) is 15.1. The van der Waals surface area contributed by atoms with E-state index in [0.717, 1.165) is 0 Å². The first-order chi connectivity index (χ1) is 8.02. The number of pyridine rings is 1. The van der Waals surface area contributed by atoms with Gasteiger partial charge in [0.05, 0.1) is 17.7 Å². The van der Waals surface area contributed by atoms with E-state index in [1.807, 2.05) is 0 Å². The second-order valence-corrected chi connectivity index (χ2v) is 4.04. The third-order valence-corrected chi connectivity index (χ3v) is 2.69. The van der Waals surface area contributed by atoms with E-state index >= 15 is 0 Å². The van der Waals surface area contributed by atoms with Crippen LogP contribution in [0.3, 0.4) is 0 Å². The molecule has 0 spiro atoms. The fourth-order valence-corrected chi connectivity index (χ4v) is 1.86. The Labute approximate surface area is 110 Å². The lowest BCUT2D eigenvalue weighted by Crippen LogP contribution is -2.13. The first-order valence-electron chi connectivity index (χ1n) is 4.56. The van der Waals surface area contributed by atoms with E-state index < -0.39 is 23.7 Å². The molecule has 0 aromatic carbocycles. The maximum Gasteiger partial charge on any atom is 0.339 e. The number of carbonyl (C=O) groups is 1. The lowest BCUT2D eigenvalue weighted by molar-refractivity contribution is 0.0513. The molecule has 0 saturated heterocycles. The van der Waals surface area contributed by atoms with Crippen molar-refractivity contribution in [3.05, 3.63) is 26.6 Å². The Bertz CT molecular complexity index is 486. The van der Waals surface area contributed by atoms with Gasteiger partial charge in [-0.3, -0.25) is 0 Å². The summed E-state index contributed by atoms with van der Waals surface area (Å²) in [6, 6.07) is 1.54. The summed E-state index contributed by atoms with van der Waals surface area (Å²) in [7, 11) is 0. The Morgan fingerprint density at radius 3 is 2.82 bits per heavy atom. The van der Waals surface area contributed by atoms with Crippen LogP contribution in [0.25, 0.3) is 0 Å². The zero-order valence-electron chi connectivity index (χ0n) is 8.71. The van der Waals surface area contributed by atoms with Gasteiger partial charge in [0.15, 0.2) is 0 Å². The maximum atomic E-state index is 12.9. The summed E-state index contributed by atoms with van der Waals surface area (Å²) in [6.45, 7) is 1.64. The predicted molar refractivity (Wildman–Crippen MR) is 62.6 cm³/mol. The van der Waals surface area contributed by atoms with Gasteiger partial charge in [0, 0.05) is 9.77 Å². The highest BCUT2D eigenvalue weighted by molar-refractivity contribution is 14.1. The van der Waals surface area contributed by atoms with E-state index in [1.54, 1.807) is 29.5 Å². The average molecular weight is 352 g/mol. The number of nitrogens with zero attached hydrogens (tertiary/aromatic N) is 2.